The number of aliphatic hydroxyl groups is 1. The van der Waals surface area contributed by atoms with Gasteiger partial charge < -0.3 is 9.84 Å². The summed E-state index contributed by atoms with van der Waals surface area (Å²) in [5.41, 5.74) is 0.0404. The number of rotatable bonds is 5. The highest BCUT2D eigenvalue weighted by Gasteiger charge is 2.63. The quantitative estimate of drug-likeness (QED) is 0.684. The molecule has 3 heteroatoms. The van der Waals surface area contributed by atoms with E-state index in [-0.39, 0.29) is 16.7 Å². The first-order chi connectivity index (χ1) is 13.3. The molecule has 0 aromatic rings. The molecule has 4 aliphatic carbocycles. The molecule has 0 radical (unpaired) electrons. The Morgan fingerprint density at radius 3 is 2.54 bits per heavy atom. The minimum Gasteiger partial charge on any atom is -0.390 e. The van der Waals surface area contributed by atoms with E-state index in [9.17, 15) is 9.90 Å². The number of ether oxygens (including phenoxy) is 1. The normalized spacial score (nSPS) is 50.5. The SMILES string of the molecule is CCC[C@@]1(O)CC[C@@]2(COC)[C@H](CC[C@H]3[C@@H]4CC[C@H](C(C)=O)[C@@]4(C)CC[C@@H]32)C1. The van der Waals surface area contributed by atoms with Crippen molar-refractivity contribution in [2.24, 2.45) is 40.4 Å². The minimum atomic E-state index is -0.445. The van der Waals surface area contributed by atoms with Crippen LogP contribution in [0, 0.1) is 40.4 Å². The van der Waals surface area contributed by atoms with E-state index in [2.05, 4.69) is 13.8 Å². The van der Waals surface area contributed by atoms with Crippen molar-refractivity contribution < 1.29 is 14.6 Å². The van der Waals surface area contributed by atoms with E-state index in [1.807, 2.05) is 14.0 Å². The molecule has 4 aliphatic rings. The molecule has 0 aromatic heterocycles. The fourth-order valence-corrected chi connectivity index (χ4v) is 9.03. The van der Waals surface area contributed by atoms with Crippen LogP contribution in [-0.2, 0) is 9.53 Å². The lowest BCUT2D eigenvalue weighted by Crippen LogP contribution is -2.58. The standard InChI is InChI=1S/C25H42O3/c1-5-11-24(27)13-14-25(16-28-4)18(15-24)6-7-19-21-9-8-20(17(2)26)23(21,3)12-10-22(19)25/h18-22,27H,5-16H2,1-4H3/t18-,19+,20-,21+,22+,23-,24-,25-/m1/s1. The van der Waals surface area contributed by atoms with Gasteiger partial charge in [0.25, 0.3) is 0 Å². The van der Waals surface area contributed by atoms with Crippen LogP contribution in [0.5, 0.6) is 0 Å². The Kier molecular flexibility index (Phi) is 5.49. The van der Waals surface area contributed by atoms with Crippen molar-refractivity contribution in [2.75, 3.05) is 13.7 Å². The van der Waals surface area contributed by atoms with Gasteiger partial charge in [0.15, 0.2) is 0 Å². The summed E-state index contributed by atoms with van der Waals surface area (Å²) in [7, 11) is 1.87. The molecular formula is C25H42O3. The van der Waals surface area contributed by atoms with Crippen LogP contribution in [0.4, 0.5) is 0 Å². The van der Waals surface area contributed by atoms with Gasteiger partial charge in [0, 0.05) is 13.0 Å². The Morgan fingerprint density at radius 2 is 1.86 bits per heavy atom. The van der Waals surface area contributed by atoms with Gasteiger partial charge in [0.05, 0.1) is 12.2 Å². The van der Waals surface area contributed by atoms with E-state index in [0.717, 1.165) is 57.0 Å². The van der Waals surface area contributed by atoms with Crippen LogP contribution in [0.15, 0.2) is 0 Å². The van der Waals surface area contributed by atoms with Gasteiger partial charge in [-0.25, -0.2) is 0 Å². The first-order valence-electron chi connectivity index (χ1n) is 12.0. The third kappa shape index (κ3) is 3.02. The molecule has 0 saturated heterocycles. The van der Waals surface area contributed by atoms with Crippen LogP contribution >= 0.6 is 0 Å². The summed E-state index contributed by atoms with van der Waals surface area (Å²) in [6, 6.07) is 0. The van der Waals surface area contributed by atoms with Gasteiger partial charge in [-0.2, -0.15) is 0 Å². The molecule has 0 bridgehead atoms. The molecule has 0 spiro atoms. The molecular weight excluding hydrogens is 348 g/mol. The highest BCUT2D eigenvalue weighted by atomic mass is 16.5. The van der Waals surface area contributed by atoms with Gasteiger partial charge in [-0.1, -0.05) is 20.3 Å². The molecule has 4 rings (SSSR count). The zero-order valence-corrected chi connectivity index (χ0v) is 18.6. The molecule has 4 saturated carbocycles. The molecule has 4 fully saturated rings. The third-order valence-electron chi connectivity index (χ3n) is 10.1. The van der Waals surface area contributed by atoms with Crippen LogP contribution in [0.1, 0.15) is 91.4 Å². The molecule has 8 atom stereocenters. The van der Waals surface area contributed by atoms with Gasteiger partial charge in [-0.05, 0) is 106 Å². The summed E-state index contributed by atoms with van der Waals surface area (Å²) in [6.07, 6.45) is 12.4. The molecule has 28 heavy (non-hydrogen) atoms. The highest BCUT2D eigenvalue weighted by Crippen LogP contribution is 2.68. The second kappa shape index (κ2) is 7.38. The van der Waals surface area contributed by atoms with Crippen molar-refractivity contribution in [2.45, 2.75) is 97.0 Å². The molecule has 160 valence electrons. The van der Waals surface area contributed by atoms with Gasteiger partial charge in [-0.15, -0.1) is 0 Å². The minimum absolute atomic E-state index is 0.228. The van der Waals surface area contributed by atoms with Crippen molar-refractivity contribution in [3.63, 3.8) is 0 Å². The van der Waals surface area contributed by atoms with Crippen LogP contribution in [-0.4, -0.2) is 30.2 Å². The Bertz CT molecular complexity index is 603. The number of carbonyl (C=O) groups is 1. The average Bonchev–Trinajstić information content (AvgIpc) is 3.00. The van der Waals surface area contributed by atoms with E-state index < -0.39 is 5.60 Å². The maximum atomic E-state index is 12.3. The highest BCUT2D eigenvalue weighted by molar-refractivity contribution is 5.79. The predicted octanol–water partition coefficient (Wildman–Crippen LogP) is 5.39. The summed E-state index contributed by atoms with van der Waals surface area (Å²) >= 11 is 0. The zero-order valence-electron chi connectivity index (χ0n) is 18.6. The van der Waals surface area contributed by atoms with Crippen molar-refractivity contribution in [1.29, 1.82) is 0 Å². The predicted molar refractivity (Wildman–Crippen MR) is 112 cm³/mol. The fourth-order valence-electron chi connectivity index (χ4n) is 9.03. The maximum absolute atomic E-state index is 12.3. The number of methoxy groups -OCH3 is 1. The second-order valence-corrected chi connectivity index (χ2v) is 11.3. The molecule has 0 heterocycles. The van der Waals surface area contributed by atoms with Crippen LogP contribution in [0.2, 0.25) is 0 Å². The van der Waals surface area contributed by atoms with Gasteiger partial charge in [-0.3, -0.25) is 4.79 Å². The number of Topliss-reactive ketones (excluding diaryl/α,β-unsaturated/α-hetero) is 1. The summed E-state index contributed by atoms with van der Waals surface area (Å²) in [4.78, 5) is 12.3. The third-order valence-corrected chi connectivity index (χ3v) is 10.1. The van der Waals surface area contributed by atoms with Crippen molar-refractivity contribution >= 4 is 5.78 Å². The lowest BCUT2D eigenvalue weighted by atomic mass is 9.43. The molecule has 3 nitrogen and oxygen atoms in total. The monoisotopic (exact) mass is 390 g/mol. The smallest absolute Gasteiger partial charge is 0.133 e. The Hall–Kier alpha value is -0.410. The molecule has 0 aromatic carbocycles. The lowest BCUT2D eigenvalue weighted by Gasteiger charge is -2.62. The van der Waals surface area contributed by atoms with Gasteiger partial charge in [0.1, 0.15) is 5.78 Å². The second-order valence-electron chi connectivity index (χ2n) is 11.3. The van der Waals surface area contributed by atoms with Gasteiger partial charge in [0.2, 0.25) is 0 Å². The number of fused-ring (bicyclic) bond motifs is 5. The summed E-state index contributed by atoms with van der Waals surface area (Å²) in [6.45, 7) is 7.31. The maximum Gasteiger partial charge on any atom is 0.133 e. The topological polar surface area (TPSA) is 46.5 Å². The first kappa shape index (κ1) is 20.8. The number of hydrogen-bond donors (Lipinski definition) is 1. The molecule has 0 unspecified atom stereocenters. The van der Waals surface area contributed by atoms with Crippen molar-refractivity contribution in [3.8, 4) is 0 Å². The molecule has 1 N–H and O–H groups in total. The number of ketones is 1. The van der Waals surface area contributed by atoms with E-state index in [1.54, 1.807) is 0 Å². The lowest BCUT2D eigenvalue weighted by molar-refractivity contribution is -0.179. The molecule has 0 amide bonds. The van der Waals surface area contributed by atoms with Crippen LogP contribution in [0.25, 0.3) is 0 Å². The Labute approximate surface area is 172 Å². The Balaban J connectivity index is 1.62. The fraction of sp³-hybridized carbons (Fsp3) is 0.960. The largest absolute Gasteiger partial charge is 0.390 e. The van der Waals surface area contributed by atoms with Crippen molar-refractivity contribution in [3.05, 3.63) is 0 Å². The van der Waals surface area contributed by atoms with Crippen LogP contribution in [0.3, 0.4) is 0 Å². The van der Waals surface area contributed by atoms with Crippen LogP contribution < -0.4 is 0 Å². The summed E-state index contributed by atoms with van der Waals surface area (Å²) < 4.78 is 5.88. The summed E-state index contributed by atoms with van der Waals surface area (Å²) in [5, 5.41) is 11.2. The van der Waals surface area contributed by atoms with Gasteiger partial charge >= 0.3 is 0 Å². The first-order valence-corrected chi connectivity index (χ1v) is 12.0. The Morgan fingerprint density at radius 1 is 1.07 bits per heavy atom. The van der Waals surface area contributed by atoms with Crippen molar-refractivity contribution in [1.82, 2.24) is 0 Å². The number of hydrogen-bond acceptors (Lipinski definition) is 3. The summed E-state index contributed by atoms with van der Waals surface area (Å²) in [5.74, 6) is 3.51. The number of carbonyl (C=O) groups excluding carboxylic acids is 1. The van der Waals surface area contributed by atoms with E-state index in [0.29, 0.717) is 17.6 Å². The average molecular weight is 391 g/mol. The van der Waals surface area contributed by atoms with E-state index >= 15 is 0 Å². The zero-order chi connectivity index (χ0) is 20.2. The van der Waals surface area contributed by atoms with E-state index in [1.165, 1.54) is 32.1 Å². The van der Waals surface area contributed by atoms with E-state index in [4.69, 9.17) is 4.74 Å². The molecule has 0 aliphatic heterocycles.